The molecule has 1 fully saturated rings. The molecule has 1 aliphatic rings. The van der Waals surface area contributed by atoms with Crippen LogP contribution >= 0.6 is 0 Å². The average Bonchev–Trinajstić information content (AvgIpc) is 2.58. The Labute approximate surface area is 138 Å². The van der Waals surface area contributed by atoms with Gasteiger partial charge in [-0.1, -0.05) is 0 Å². The smallest absolute Gasteiger partial charge is 0.267 e. The lowest BCUT2D eigenvalue weighted by Crippen LogP contribution is -2.41. The summed E-state index contributed by atoms with van der Waals surface area (Å²) in [5.74, 6) is -0.355. The van der Waals surface area contributed by atoms with E-state index in [0.717, 1.165) is 31.4 Å². The first-order valence-electron chi connectivity index (χ1n) is 8.09. The molecule has 7 heteroatoms. The van der Waals surface area contributed by atoms with Gasteiger partial charge in [0.2, 0.25) is 0 Å². The number of carbonyl (C=O) groups excluding carboxylic acids is 1. The van der Waals surface area contributed by atoms with Crippen molar-refractivity contribution >= 4 is 5.91 Å². The molecule has 0 atom stereocenters. The van der Waals surface area contributed by atoms with Gasteiger partial charge in [0.25, 0.3) is 17.0 Å². The second kappa shape index (κ2) is 6.82. The number of aromatic nitrogens is 3. The second-order valence-corrected chi connectivity index (χ2v) is 6.15. The highest BCUT2D eigenvalue weighted by Gasteiger charge is 2.25. The molecular weight excluding hydrogens is 308 g/mol. The minimum absolute atomic E-state index is 0.00821. The number of nitrogens with one attached hydrogen (secondary N) is 2. The molecule has 0 saturated heterocycles. The van der Waals surface area contributed by atoms with Crippen molar-refractivity contribution in [2.75, 3.05) is 0 Å². The lowest BCUT2D eigenvalue weighted by atomic mass is 9.91. The molecule has 7 nitrogen and oxygen atoms in total. The molecule has 2 N–H and O–H groups in total. The summed E-state index contributed by atoms with van der Waals surface area (Å²) in [7, 11) is 0. The Balaban J connectivity index is 1.62. The van der Waals surface area contributed by atoms with Crippen LogP contribution in [0.1, 0.15) is 47.8 Å². The summed E-state index contributed by atoms with van der Waals surface area (Å²) in [6, 6.07) is 6.46. The van der Waals surface area contributed by atoms with Gasteiger partial charge < -0.3 is 10.3 Å². The SMILES string of the molecule is Cc1ccc(=O)n(C2CCC(NC(=O)c3ccc[nH]c3=O)CC2)n1. The monoisotopic (exact) mass is 328 g/mol. The zero-order chi connectivity index (χ0) is 17.1. The number of carbonyl (C=O) groups is 1. The molecule has 0 aliphatic heterocycles. The van der Waals surface area contributed by atoms with E-state index in [0.29, 0.717) is 0 Å². The fraction of sp³-hybridized carbons (Fsp3) is 0.412. The third-order valence-corrected chi connectivity index (χ3v) is 4.40. The molecule has 3 rings (SSSR count). The summed E-state index contributed by atoms with van der Waals surface area (Å²) in [5, 5.41) is 7.22. The first-order valence-corrected chi connectivity index (χ1v) is 8.09. The van der Waals surface area contributed by atoms with Crippen LogP contribution in [-0.2, 0) is 0 Å². The first-order chi connectivity index (χ1) is 11.5. The van der Waals surface area contributed by atoms with Crippen LogP contribution in [0, 0.1) is 6.92 Å². The van der Waals surface area contributed by atoms with Gasteiger partial charge in [-0.2, -0.15) is 5.10 Å². The average molecular weight is 328 g/mol. The molecule has 2 heterocycles. The van der Waals surface area contributed by atoms with E-state index in [1.165, 1.54) is 18.3 Å². The van der Waals surface area contributed by atoms with E-state index < -0.39 is 0 Å². The minimum Gasteiger partial charge on any atom is -0.349 e. The summed E-state index contributed by atoms with van der Waals surface area (Å²) in [6.45, 7) is 1.86. The summed E-state index contributed by atoms with van der Waals surface area (Å²) >= 11 is 0. The Morgan fingerprint density at radius 2 is 1.96 bits per heavy atom. The molecular formula is C17H20N4O3. The maximum atomic E-state index is 12.2. The predicted molar refractivity (Wildman–Crippen MR) is 89.1 cm³/mol. The van der Waals surface area contributed by atoms with Crippen molar-refractivity contribution < 1.29 is 4.79 Å². The third kappa shape index (κ3) is 3.45. The molecule has 0 aromatic carbocycles. The van der Waals surface area contributed by atoms with Gasteiger partial charge in [0.1, 0.15) is 5.56 Å². The summed E-state index contributed by atoms with van der Waals surface area (Å²) in [4.78, 5) is 38.3. The molecule has 2 aromatic heterocycles. The van der Waals surface area contributed by atoms with Gasteiger partial charge >= 0.3 is 0 Å². The lowest BCUT2D eigenvalue weighted by molar-refractivity contribution is 0.0919. The second-order valence-electron chi connectivity index (χ2n) is 6.15. The Hall–Kier alpha value is -2.70. The van der Waals surface area contributed by atoms with Gasteiger partial charge in [-0.05, 0) is 50.8 Å². The summed E-state index contributed by atoms with van der Waals surface area (Å²) in [6.07, 6.45) is 4.54. The largest absolute Gasteiger partial charge is 0.349 e. The zero-order valence-corrected chi connectivity index (χ0v) is 13.5. The van der Waals surface area contributed by atoms with Crippen LogP contribution in [0.15, 0.2) is 40.1 Å². The number of aryl methyl sites for hydroxylation is 1. The number of H-pyrrole nitrogens is 1. The third-order valence-electron chi connectivity index (χ3n) is 4.40. The van der Waals surface area contributed by atoms with Crippen molar-refractivity contribution in [3.8, 4) is 0 Å². The topological polar surface area (TPSA) is 96.9 Å². The number of hydrogen-bond acceptors (Lipinski definition) is 4. The molecule has 126 valence electrons. The summed E-state index contributed by atoms with van der Waals surface area (Å²) < 4.78 is 1.55. The van der Waals surface area contributed by atoms with E-state index >= 15 is 0 Å². The molecule has 0 unspecified atom stereocenters. The van der Waals surface area contributed by atoms with Crippen LogP contribution in [0.4, 0.5) is 0 Å². The molecule has 0 radical (unpaired) electrons. The first kappa shape index (κ1) is 16.2. The lowest BCUT2D eigenvalue weighted by Gasteiger charge is -2.29. The molecule has 24 heavy (non-hydrogen) atoms. The minimum atomic E-state index is -0.390. The quantitative estimate of drug-likeness (QED) is 0.883. The maximum Gasteiger partial charge on any atom is 0.267 e. The van der Waals surface area contributed by atoms with Crippen LogP contribution < -0.4 is 16.4 Å². The Morgan fingerprint density at radius 3 is 2.67 bits per heavy atom. The van der Waals surface area contributed by atoms with Crippen LogP contribution in [0.5, 0.6) is 0 Å². The zero-order valence-electron chi connectivity index (χ0n) is 13.5. The summed E-state index contributed by atoms with van der Waals surface area (Å²) in [5.41, 5.74) is 0.452. The van der Waals surface area contributed by atoms with E-state index in [4.69, 9.17) is 0 Å². The van der Waals surface area contributed by atoms with Gasteiger partial charge in [0, 0.05) is 18.3 Å². The van der Waals surface area contributed by atoms with Gasteiger partial charge in [-0.25, -0.2) is 4.68 Å². The Bertz CT molecular complexity index is 847. The van der Waals surface area contributed by atoms with Crippen molar-refractivity contribution in [1.82, 2.24) is 20.1 Å². The van der Waals surface area contributed by atoms with Crippen LogP contribution in [0.3, 0.4) is 0 Å². The van der Waals surface area contributed by atoms with Crippen molar-refractivity contribution in [3.63, 3.8) is 0 Å². The Morgan fingerprint density at radius 1 is 1.21 bits per heavy atom. The number of pyridine rings is 1. The highest BCUT2D eigenvalue weighted by molar-refractivity contribution is 5.93. The number of nitrogens with zero attached hydrogens (tertiary/aromatic N) is 2. The van der Waals surface area contributed by atoms with Crippen LogP contribution in [0.25, 0.3) is 0 Å². The van der Waals surface area contributed by atoms with Gasteiger partial charge in [-0.3, -0.25) is 14.4 Å². The fourth-order valence-corrected chi connectivity index (χ4v) is 3.11. The number of rotatable bonds is 3. The highest BCUT2D eigenvalue weighted by atomic mass is 16.2. The van der Waals surface area contributed by atoms with Crippen molar-refractivity contribution in [2.45, 2.75) is 44.7 Å². The highest BCUT2D eigenvalue weighted by Crippen LogP contribution is 2.27. The number of amides is 1. The van der Waals surface area contributed by atoms with Crippen molar-refractivity contribution in [2.24, 2.45) is 0 Å². The van der Waals surface area contributed by atoms with E-state index in [9.17, 15) is 14.4 Å². The van der Waals surface area contributed by atoms with Gasteiger partial charge in [0.15, 0.2) is 0 Å². The molecule has 0 spiro atoms. The van der Waals surface area contributed by atoms with Gasteiger partial charge in [-0.15, -0.1) is 0 Å². The van der Waals surface area contributed by atoms with Gasteiger partial charge in [0.05, 0.1) is 11.7 Å². The maximum absolute atomic E-state index is 12.2. The molecule has 0 bridgehead atoms. The number of hydrogen-bond donors (Lipinski definition) is 2. The molecule has 1 saturated carbocycles. The fourth-order valence-electron chi connectivity index (χ4n) is 3.11. The molecule has 2 aromatic rings. The predicted octanol–water partition coefficient (Wildman–Crippen LogP) is 1.15. The van der Waals surface area contributed by atoms with Crippen molar-refractivity contribution in [3.05, 3.63) is 62.4 Å². The normalized spacial score (nSPS) is 20.5. The van der Waals surface area contributed by atoms with E-state index in [-0.39, 0.29) is 34.7 Å². The van der Waals surface area contributed by atoms with Crippen molar-refractivity contribution in [1.29, 1.82) is 0 Å². The van der Waals surface area contributed by atoms with E-state index in [2.05, 4.69) is 15.4 Å². The molecule has 1 amide bonds. The number of aromatic amines is 1. The van der Waals surface area contributed by atoms with E-state index in [1.54, 1.807) is 16.8 Å². The van der Waals surface area contributed by atoms with Crippen LogP contribution in [-0.4, -0.2) is 26.7 Å². The standard InChI is InChI=1S/C17H20N4O3/c1-11-4-9-15(22)21(20-11)13-7-5-12(6-8-13)19-17(24)14-3-2-10-18-16(14)23/h2-4,9-10,12-13H,5-8H2,1H3,(H,18,23)(H,19,24). The Kier molecular flexibility index (Phi) is 4.59. The van der Waals surface area contributed by atoms with E-state index in [1.807, 2.05) is 6.92 Å². The van der Waals surface area contributed by atoms with Crippen LogP contribution in [0.2, 0.25) is 0 Å². The molecule has 1 aliphatic carbocycles.